The Hall–Kier alpha value is -2.40. The van der Waals surface area contributed by atoms with Gasteiger partial charge in [0.25, 0.3) is 0 Å². The Morgan fingerprint density at radius 1 is 1.29 bits per heavy atom. The monoisotopic (exact) mass is 295 g/mol. The molecular formula is C16H13N3OS. The molecule has 0 saturated heterocycles. The number of hydrogen-bond acceptors (Lipinski definition) is 5. The van der Waals surface area contributed by atoms with E-state index in [1.165, 1.54) is 5.57 Å². The highest BCUT2D eigenvalue weighted by Gasteiger charge is 2.13. The third-order valence-corrected chi connectivity index (χ3v) is 4.32. The lowest BCUT2D eigenvalue weighted by atomic mass is 10.0. The second-order valence-corrected chi connectivity index (χ2v) is 5.84. The molecule has 5 heteroatoms. The summed E-state index contributed by atoms with van der Waals surface area (Å²) in [4.78, 5) is 5.58. The Morgan fingerprint density at radius 2 is 2.24 bits per heavy atom. The highest BCUT2D eigenvalue weighted by Crippen LogP contribution is 2.28. The van der Waals surface area contributed by atoms with E-state index < -0.39 is 0 Å². The van der Waals surface area contributed by atoms with Gasteiger partial charge in [0, 0.05) is 5.56 Å². The van der Waals surface area contributed by atoms with Crippen LogP contribution in [-0.4, -0.2) is 17.2 Å². The van der Waals surface area contributed by atoms with E-state index in [-0.39, 0.29) is 0 Å². The number of fused-ring (bicyclic) bond motifs is 1. The molecule has 1 aromatic carbocycles. The molecule has 0 unspecified atom stereocenters. The van der Waals surface area contributed by atoms with Gasteiger partial charge in [0.1, 0.15) is 5.52 Å². The fourth-order valence-corrected chi connectivity index (χ4v) is 3.03. The number of allylic oxidation sites excluding steroid dienone is 1. The fourth-order valence-electron chi connectivity index (χ4n) is 2.38. The summed E-state index contributed by atoms with van der Waals surface area (Å²) >= 11 is 1.62. The molecule has 104 valence electrons. The highest BCUT2D eigenvalue weighted by molar-refractivity contribution is 7.13. The maximum atomic E-state index is 5.88. The molecule has 0 aliphatic carbocycles. The van der Waals surface area contributed by atoms with E-state index >= 15 is 0 Å². The summed E-state index contributed by atoms with van der Waals surface area (Å²) < 4.78 is 5.88. The molecule has 0 saturated carbocycles. The number of nitrogens with one attached hydrogen (secondary N) is 1. The van der Waals surface area contributed by atoms with Gasteiger partial charge in [0.05, 0.1) is 17.1 Å². The van der Waals surface area contributed by atoms with Gasteiger partial charge in [0.2, 0.25) is 5.89 Å². The van der Waals surface area contributed by atoms with Crippen LogP contribution in [0.25, 0.3) is 21.9 Å². The summed E-state index contributed by atoms with van der Waals surface area (Å²) in [7, 11) is 0. The van der Waals surface area contributed by atoms with Crippen molar-refractivity contribution in [1.82, 2.24) is 10.4 Å². The first-order valence-electron chi connectivity index (χ1n) is 6.74. The van der Waals surface area contributed by atoms with Gasteiger partial charge in [-0.25, -0.2) is 4.98 Å². The zero-order valence-electron chi connectivity index (χ0n) is 11.5. The number of benzene rings is 1. The van der Waals surface area contributed by atoms with Gasteiger partial charge in [-0.2, -0.15) is 5.10 Å². The lowest BCUT2D eigenvalue weighted by Crippen LogP contribution is -2.18. The van der Waals surface area contributed by atoms with Crippen LogP contribution < -0.4 is 5.43 Å². The highest BCUT2D eigenvalue weighted by atomic mass is 32.1. The molecule has 4 nitrogen and oxygen atoms in total. The average Bonchev–Trinajstić information content (AvgIpc) is 3.16. The minimum absolute atomic E-state index is 0.674. The third-order valence-electron chi connectivity index (χ3n) is 3.46. The van der Waals surface area contributed by atoms with Crippen molar-refractivity contribution in [1.29, 1.82) is 0 Å². The number of hydrogen-bond donors (Lipinski definition) is 1. The van der Waals surface area contributed by atoms with E-state index in [1.807, 2.05) is 35.7 Å². The molecule has 0 spiro atoms. The van der Waals surface area contributed by atoms with E-state index in [4.69, 9.17) is 4.42 Å². The molecule has 1 aliphatic rings. The lowest BCUT2D eigenvalue weighted by molar-refractivity contribution is 0.621. The van der Waals surface area contributed by atoms with Crippen molar-refractivity contribution in [2.24, 2.45) is 5.10 Å². The van der Waals surface area contributed by atoms with Gasteiger partial charge in [-0.05, 0) is 36.1 Å². The molecule has 0 fully saturated rings. The molecule has 1 N–H and O–H groups in total. The molecular weight excluding hydrogens is 282 g/mol. The van der Waals surface area contributed by atoms with Crippen molar-refractivity contribution in [3.8, 4) is 10.8 Å². The first-order chi connectivity index (χ1) is 10.3. The number of rotatable bonds is 2. The maximum absolute atomic E-state index is 5.88. The van der Waals surface area contributed by atoms with Crippen molar-refractivity contribution in [2.45, 2.75) is 6.92 Å². The smallest absolute Gasteiger partial charge is 0.237 e. The van der Waals surface area contributed by atoms with Crippen LogP contribution in [0.1, 0.15) is 12.5 Å². The summed E-state index contributed by atoms with van der Waals surface area (Å²) in [5.41, 5.74) is 7.83. The van der Waals surface area contributed by atoms with Crippen LogP contribution in [-0.2, 0) is 0 Å². The quantitative estimate of drug-likeness (QED) is 0.782. The molecule has 0 radical (unpaired) electrons. The Bertz CT molecular complexity index is 859. The second kappa shape index (κ2) is 4.86. The minimum atomic E-state index is 0.674. The van der Waals surface area contributed by atoms with Gasteiger partial charge >= 0.3 is 0 Å². The number of aromatic nitrogens is 1. The van der Waals surface area contributed by atoms with Gasteiger partial charge < -0.3 is 9.84 Å². The molecule has 0 amide bonds. The Balaban J connectivity index is 1.80. The van der Waals surface area contributed by atoms with Crippen molar-refractivity contribution in [2.75, 3.05) is 6.54 Å². The van der Waals surface area contributed by atoms with Gasteiger partial charge in [-0.1, -0.05) is 18.2 Å². The normalized spacial score (nSPS) is 14.7. The maximum Gasteiger partial charge on any atom is 0.237 e. The van der Waals surface area contributed by atoms with Crippen molar-refractivity contribution < 1.29 is 4.42 Å². The van der Waals surface area contributed by atoms with Crippen LogP contribution in [0, 0.1) is 0 Å². The van der Waals surface area contributed by atoms with Crippen LogP contribution in [0.2, 0.25) is 0 Å². The largest absolute Gasteiger partial charge is 0.435 e. The zero-order chi connectivity index (χ0) is 14.2. The first kappa shape index (κ1) is 12.3. The molecule has 3 heterocycles. The predicted molar refractivity (Wildman–Crippen MR) is 85.6 cm³/mol. The summed E-state index contributed by atoms with van der Waals surface area (Å²) in [5, 5.41) is 6.40. The molecule has 0 atom stereocenters. The third kappa shape index (κ3) is 2.15. The SMILES string of the molecule is CC1=CCNN=C1c1ccc2nc(-c3cccs3)oc2c1. The molecule has 4 rings (SSSR count). The van der Waals surface area contributed by atoms with Gasteiger partial charge in [-0.15, -0.1) is 11.3 Å². The minimum Gasteiger partial charge on any atom is -0.435 e. The standard InChI is InChI=1S/C16H13N3OS/c1-10-6-7-17-19-15(10)11-4-5-12-13(9-11)20-16(18-12)14-3-2-8-21-14/h2-6,8-9,17H,7H2,1H3. The van der Waals surface area contributed by atoms with E-state index in [0.717, 1.165) is 33.8 Å². The summed E-state index contributed by atoms with van der Waals surface area (Å²) in [5.74, 6) is 0.674. The second-order valence-electron chi connectivity index (χ2n) is 4.89. The topological polar surface area (TPSA) is 50.4 Å². The summed E-state index contributed by atoms with van der Waals surface area (Å²) in [6.07, 6.45) is 2.13. The number of oxazole rings is 1. The molecule has 2 aromatic heterocycles. The lowest BCUT2D eigenvalue weighted by Gasteiger charge is -2.12. The van der Waals surface area contributed by atoms with Crippen molar-refractivity contribution >= 4 is 28.1 Å². The number of nitrogens with zero attached hydrogens (tertiary/aromatic N) is 2. The average molecular weight is 295 g/mol. The van der Waals surface area contributed by atoms with Crippen molar-refractivity contribution in [3.63, 3.8) is 0 Å². The van der Waals surface area contributed by atoms with Crippen LogP contribution >= 0.6 is 11.3 Å². The predicted octanol–water partition coefficient (Wildman–Crippen LogP) is 3.81. The van der Waals surface area contributed by atoms with Gasteiger partial charge in [-0.3, -0.25) is 0 Å². The van der Waals surface area contributed by atoms with Crippen LogP contribution in [0.15, 0.2) is 56.9 Å². The molecule has 1 aliphatic heterocycles. The number of hydrazone groups is 1. The Labute approximate surface area is 125 Å². The van der Waals surface area contributed by atoms with E-state index in [2.05, 4.69) is 28.5 Å². The van der Waals surface area contributed by atoms with Crippen LogP contribution in [0.3, 0.4) is 0 Å². The number of thiophene rings is 1. The molecule has 3 aromatic rings. The van der Waals surface area contributed by atoms with E-state index in [0.29, 0.717) is 5.89 Å². The van der Waals surface area contributed by atoms with Crippen molar-refractivity contribution in [3.05, 3.63) is 52.9 Å². The van der Waals surface area contributed by atoms with E-state index in [1.54, 1.807) is 11.3 Å². The molecule has 0 bridgehead atoms. The van der Waals surface area contributed by atoms with E-state index in [9.17, 15) is 0 Å². The Morgan fingerprint density at radius 3 is 3.05 bits per heavy atom. The van der Waals surface area contributed by atoms with Crippen LogP contribution in [0.5, 0.6) is 0 Å². The van der Waals surface area contributed by atoms with Gasteiger partial charge in [0.15, 0.2) is 5.58 Å². The van der Waals surface area contributed by atoms with Crippen LogP contribution in [0.4, 0.5) is 0 Å². The Kier molecular flexibility index (Phi) is 2.86. The zero-order valence-corrected chi connectivity index (χ0v) is 12.3. The summed E-state index contributed by atoms with van der Waals surface area (Å²) in [6.45, 7) is 2.85. The summed E-state index contributed by atoms with van der Waals surface area (Å²) in [6, 6.07) is 10.0. The fraction of sp³-hybridized carbons (Fsp3) is 0.125. The molecule has 21 heavy (non-hydrogen) atoms. The first-order valence-corrected chi connectivity index (χ1v) is 7.62.